The Balaban J connectivity index is 2.95. The van der Waals surface area contributed by atoms with Crippen molar-refractivity contribution in [1.82, 2.24) is 0 Å². The molecule has 0 aromatic heterocycles. The summed E-state index contributed by atoms with van der Waals surface area (Å²) >= 11 is 11.8. The summed E-state index contributed by atoms with van der Waals surface area (Å²) in [6.45, 7) is 5.54. The van der Waals surface area contributed by atoms with E-state index in [1.54, 1.807) is 0 Å². The molecule has 0 saturated heterocycles. The molecule has 0 radical (unpaired) electrons. The standard InChI is InChI=1S/C13H18Cl2F3NOSi/c1-21(2,3)20-9(7-13(16,17)18)4-8-5-10(14)12(19)11(15)6-8/h5-6,9H,4,7,19H2,1-3H3. The molecule has 1 unspecified atom stereocenters. The molecule has 0 aliphatic rings. The number of anilines is 1. The molecule has 2 nitrogen and oxygen atoms in total. The van der Waals surface area contributed by atoms with E-state index >= 15 is 0 Å². The summed E-state index contributed by atoms with van der Waals surface area (Å²) in [6.07, 6.45) is -6.15. The van der Waals surface area contributed by atoms with Crippen LogP contribution in [-0.4, -0.2) is 20.6 Å². The van der Waals surface area contributed by atoms with Gasteiger partial charge in [-0.3, -0.25) is 0 Å². The van der Waals surface area contributed by atoms with Gasteiger partial charge < -0.3 is 10.2 Å². The van der Waals surface area contributed by atoms with Gasteiger partial charge in [0.1, 0.15) is 0 Å². The van der Waals surface area contributed by atoms with Gasteiger partial charge in [0.25, 0.3) is 0 Å². The van der Waals surface area contributed by atoms with Crippen LogP contribution in [0.25, 0.3) is 0 Å². The van der Waals surface area contributed by atoms with Crippen molar-refractivity contribution in [3.8, 4) is 0 Å². The van der Waals surface area contributed by atoms with Gasteiger partial charge in [-0.25, -0.2) is 0 Å². The number of alkyl halides is 3. The quantitative estimate of drug-likeness (QED) is 0.572. The second kappa shape index (κ2) is 6.77. The lowest BCUT2D eigenvalue weighted by Crippen LogP contribution is -2.36. The third-order valence-electron chi connectivity index (χ3n) is 2.58. The highest BCUT2D eigenvalue weighted by atomic mass is 35.5. The van der Waals surface area contributed by atoms with Crippen LogP contribution in [0.15, 0.2) is 12.1 Å². The molecule has 21 heavy (non-hydrogen) atoms. The van der Waals surface area contributed by atoms with Crippen molar-refractivity contribution in [1.29, 1.82) is 0 Å². The van der Waals surface area contributed by atoms with Crippen molar-refractivity contribution in [2.24, 2.45) is 0 Å². The van der Waals surface area contributed by atoms with Crippen LogP contribution in [0.1, 0.15) is 12.0 Å². The van der Waals surface area contributed by atoms with Crippen LogP contribution < -0.4 is 5.73 Å². The Kier molecular flexibility index (Phi) is 6.00. The topological polar surface area (TPSA) is 35.2 Å². The Morgan fingerprint density at radius 1 is 1.19 bits per heavy atom. The molecule has 0 bridgehead atoms. The van der Waals surface area contributed by atoms with Gasteiger partial charge in [0.05, 0.1) is 28.3 Å². The van der Waals surface area contributed by atoms with Gasteiger partial charge >= 0.3 is 6.18 Å². The lowest BCUT2D eigenvalue weighted by Gasteiger charge is -2.27. The highest BCUT2D eigenvalue weighted by Gasteiger charge is 2.34. The molecule has 1 rings (SSSR count). The van der Waals surface area contributed by atoms with Crippen LogP contribution in [0.2, 0.25) is 29.7 Å². The van der Waals surface area contributed by atoms with Gasteiger partial charge in [0.2, 0.25) is 0 Å². The maximum atomic E-state index is 12.7. The molecule has 0 amide bonds. The second-order valence-corrected chi connectivity index (χ2v) is 11.1. The molecule has 8 heteroatoms. The number of rotatable bonds is 5. The summed E-state index contributed by atoms with van der Waals surface area (Å²) in [5, 5.41) is 0.465. The normalized spacial score (nSPS) is 14.3. The highest BCUT2D eigenvalue weighted by molar-refractivity contribution is 6.69. The average molecular weight is 360 g/mol. The van der Waals surface area contributed by atoms with E-state index in [1.807, 2.05) is 19.6 Å². The minimum atomic E-state index is -4.29. The SMILES string of the molecule is C[Si](C)(C)OC(Cc1cc(Cl)c(N)c(Cl)c1)CC(F)(F)F. The van der Waals surface area contributed by atoms with Crippen molar-refractivity contribution < 1.29 is 17.6 Å². The molecule has 0 aliphatic carbocycles. The van der Waals surface area contributed by atoms with Crippen LogP contribution >= 0.6 is 23.2 Å². The van der Waals surface area contributed by atoms with E-state index in [0.717, 1.165) is 0 Å². The predicted molar refractivity (Wildman–Crippen MR) is 83.5 cm³/mol. The lowest BCUT2D eigenvalue weighted by atomic mass is 10.1. The zero-order valence-corrected chi connectivity index (χ0v) is 14.5. The molecule has 2 N–H and O–H groups in total. The van der Waals surface area contributed by atoms with E-state index in [1.165, 1.54) is 12.1 Å². The number of nitrogen functional groups attached to an aromatic ring is 1. The molecule has 0 spiro atoms. The summed E-state index contributed by atoms with van der Waals surface area (Å²) in [7, 11) is -2.10. The fourth-order valence-electron chi connectivity index (χ4n) is 1.93. The van der Waals surface area contributed by atoms with Crippen molar-refractivity contribution in [3.63, 3.8) is 0 Å². The number of benzene rings is 1. The Hall–Kier alpha value is -0.433. The Morgan fingerprint density at radius 3 is 2.05 bits per heavy atom. The van der Waals surface area contributed by atoms with Gasteiger partial charge in [0, 0.05) is 0 Å². The summed E-state index contributed by atoms with van der Waals surface area (Å²) < 4.78 is 43.6. The fraction of sp³-hybridized carbons (Fsp3) is 0.538. The monoisotopic (exact) mass is 359 g/mol. The maximum absolute atomic E-state index is 12.7. The van der Waals surface area contributed by atoms with Crippen LogP contribution in [0.3, 0.4) is 0 Å². The third-order valence-corrected chi connectivity index (χ3v) is 4.25. The zero-order valence-electron chi connectivity index (χ0n) is 12.0. The Bertz CT molecular complexity index is 464. The van der Waals surface area contributed by atoms with Gasteiger partial charge in [-0.2, -0.15) is 13.2 Å². The summed E-state index contributed by atoms with van der Waals surface area (Å²) in [5.41, 5.74) is 6.42. The zero-order chi connectivity index (χ0) is 16.4. The molecule has 120 valence electrons. The van der Waals surface area contributed by atoms with E-state index in [-0.39, 0.29) is 22.2 Å². The summed E-state index contributed by atoms with van der Waals surface area (Å²) in [4.78, 5) is 0. The maximum Gasteiger partial charge on any atom is 0.391 e. The highest BCUT2D eigenvalue weighted by Crippen LogP contribution is 2.31. The number of halogens is 5. The number of hydrogen-bond donors (Lipinski definition) is 1. The first-order valence-corrected chi connectivity index (χ1v) is 10.5. The third kappa shape index (κ3) is 6.91. The van der Waals surface area contributed by atoms with Gasteiger partial charge in [-0.05, 0) is 43.8 Å². The van der Waals surface area contributed by atoms with E-state index in [0.29, 0.717) is 5.56 Å². The van der Waals surface area contributed by atoms with Crippen molar-refractivity contribution in [3.05, 3.63) is 27.7 Å². The minimum absolute atomic E-state index is 0.0868. The molecule has 1 aromatic carbocycles. The molecule has 0 fully saturated rings. The molecular formula is C13H18Cl2F3NOSi. The number of nitrogens with two attached hydrogens (primary N) is 1. The molecular weight excluding hydrogens is 342 g/mol. The van der Waals surface area contributed by atoms with Gasteiger partial charge in [0.15, 0.2) is 8.32 Å². The summed E-state index contributed by atoms with van der Waals surface area (Å²) in [6, 6.07) is 3.05. The largest absolute Gasteiger partial charge is 0.414 e. The Labute approximate surface area is 133 Å². The molecule has 0 heterocycles. The van der Waals surface area contributed by atoms with Gasteiger partial charge in [-0.1, -0.05) is 23.2 Å². The van der Waals surface area contributed by atoms with E-state index in [4.69, 9.17) is 33.4 Å². The first-order valence-electron chi connectivity index (χ1n) is 6.35. The molecule has 1 atom stereocenters. The van der Waals surface area contributed by atoms with Crippen molar-refractivity contribution in [2.75, 3.05) is 5.73 Å². The van der Waals surface area contributed by atoms with Crippen LogP contribution in [-0.2, 0) is 10.8 Å². The van der Waals surface area contributed by atoms with E-state index in [2.05, 4.69) is 0 Å². The molecule has 0 saturated carbocycles. The van der Waals surface area contributed by atoms with Gasteiger partial charge in [-0.15, -0.1) is 0 Å². The van der Waals surface area contributed by atoms with E-state index in [9.17, 15) is 13.2 Å². The summed E-state index contributed by atoms with van der Waals surface area (Å²) in [5.74, 6) is 0. The van der Waals surface area contributed by atoms with Crippen molar-refractivity contribution in [2.45, 2.75) is 44.8 Å². The number of hydrogen-bond acceptors (Lipinski definition) is 2. The lowest BCUT2D eigenvalue weighted by molar-refractivity contribution is -0.151. The second-order valence-electron chi connectivity index (χ2n) is 5.85. The first kappa shape index (κ1) is 18.6. The molecule has 1 aromatic rings. The fourth-order valence-corrected chi connectivity index (χ4v) is 3.63. The Morgan fingerprint density at radius 2 is 1.67 bits per heavy atom. The smallest absolute Gasteiger partial charge is 0.391 e. The van der Waals surface area contributed by atoms with Crippen LogP contribution in [0, 0.1) is 0 Å². The van der Waals surface area contributed by atoms with Crippen LogP contribution in [0.4, 0.5) is 18.9 Å². The molecule has 0 aliphatic heterocycles. The van der Waals surface area contributed by atoms with Crippen molar-refractivity contribution >= 4 is 37.2 Å². The van der Waals surface area contributed by atoms with E-state index < -0.39 is 27.0 Å². The first-order chi connectivity index (χ1) is 9.37. The average Bonchev–Trinajstić information content (AvgIpc) is 2.20. The predicted octanol–water partition coefficient (Wildman–Crippen LogP) is 5.29. The van der Waals surface area contributed by atoms with Crippen LogP contribution in [0.5, 0.6) is 0 Å². The minimum Gasteiger partial charge on any atom is -0.414 e.